The first-order valence-corrected chi connectivity index (χ1v) is 5.77. The van der Waals surface area contributed by atoms with Crippen LogP contribution in [-0.4, -0.2) is 43.4 Å². The number of amides is 1. The maximum atomic E-state index is 13.5. The highest BCUT2D eigenvalue weighted by Gasteiger charge is 2.26. The average Bonchev–Trinajstić information content (AvgIpc) is 2.84. The summed E-state index contributed by atoms with van der Waals surface area (Å²) < 4.78 is 28.1. The third-order valence-electron chi connectivity index (χ3n) is 2.57. The minimum atomic E-state index is -1.51. The van der Waals surface area contributed by atoms with Crippen molar-refractivity contribution in [3.63, 3.8) is 0 Å². The Labute approximate surface area is 114 Å². The Morgan fingerprint density at radius 1 is 1.50 bits per heavy atom. The fraction of sp³-hybridized carbons (Fsp3) is 0.636. The summed E-state index contributed by atoms with van der Waals surface area (Å²) in [5, 5.41) is 14.3. The molecule has 0 radical (unpaired) electrons. The van der Waals surface area contributed by atoms with Crippen LogP contribution in [-0.2, 0) is 21.0 Å². The van der Waals surface area contributed by atoms with Crippen molar-refractivity contribution in [1.29, 1.82) is 0 Å². The van der Waals surface area contributed by atoms with Crippen molar-refractivity contribution < 1.29 is 33.3 Å². The zero-order chi connectivity index (χ0) is 15.1. The Morgan fingerprint density at radius 3 is 2.65 bits per heavy atom. The number of nitrogens with zero attached hydrogens (tertiary/aromatic N) is 1. The zero-order valence-electron chi connectivity index (χ0n) is 11.4. The second-order valence-corrected chi connectivity index (χ2v) is 3.87. The molecule has 0 fully saturated rings. The fourth-order valence-corrected chi connectivity index (χ4v) is 1.59. The van der Waals surface area contributed by atoms with Crippen molar-refractivity contribution >= 4 is 5.91 Å². The maximum Gasteiger partial charge on any atom is 0.274 e. The topological polar surface area (TPSA) is 103 Å². The molecule has 0 spiro atoms. The fourth-order valence-electron chi connectivity index (χ4n) is 1.59. The van der Waals surface area contributed by atoms with Crippen molar-refractivity contribution in [3.8, 4) is 0 Å². The SMILES string of the molecule is COC(CNC(=O)c1noc(COO)c1C(C)F)OC. The highest BCUT2D eigenvalue weighted by Crippen LogP contribution is 2.25. The van der Waals surface area contributed by atoms with Crippen molar-refractivity contribution in [3.05, 3.63) is 17.0 Å². The molecule has 8 nitrogen and oxygen atoms in total. The van der Waals surface area contributed by atoms with Gasteiger partial charge in [0.05, 0.1) is 12.1 Å². The summed E-state index contributed by atoms with van der Waals surface area (Å²) in [6.45, 7) is 0.880. The van der Waals surface area contributed by atoms with Gasteiger partial charge in [-0.3, -0.25) is 10.1 Å². The van der Waals surface area contributed by atoms with Gasteiger partial charge >= 0.3 is 0 Å². The Bertz CT molecular complexity index is 433. The van der Waals surface area contributed by atoms with Crippen molar-refractivity contribution in [2.75, 3.05) is 20.8 Å². The number of alkyl halides is 1. The van der Waals surface area contributed by atoms with E-state index in [1.165, 1.54) is 21.1 Å². The van der Waals surface area contributed by atoms with Crippen LogP contribution in [0.3, 0.4) is 0 Å². The molecule has 1 amide bonds. The van der Waals surface area contributed by atoms with E-state index >= 15 is 0 Å². The van der Waals surface area contributed by atoms with E-state index in [0.717, 1.165) is 0 Å². The number of carbonyl (C=O) groups excluding carboxylic acids is 1. The van der Waals surface area contributed by atoms with Gasteiger partial charge in [-0.15, -0.1) is 0 Å². The summed E-state index contributed by atoms with van der Waals surface area (Å²) >= 11 is 0. The standard InChI is InChI=1S/C11H17FN2O6/c1-6(12)9-7(5-19-16)20-14-10(9)11(15)13-4-8(17-2)18-3/h6,8,16H,4-5H2,1-3H3,(H,13,15). The van der Waals surface area contributed by atoms with E-state index in [4.69, 9.17) is 19.3 Å². The largest absolute Gasteiger partial charge is 0.358 e. The van der Waals surface area contributed by atoms with Gasteiger partial charge in [-0.2, -0.15) is 0 Å². The molecule has 1 aromatic rings. The molecule has 1 rings (SSSR count). The summed E-state index contributed by atoms with van der Waals surface area (Å²) in [5.41, 5.74) is -0.277. The van der Waals surface area contributed by atoms with Crippen LogP contribution in [0, 0.1) is 0 Å². The predicted octanol–water partition coefficient (Wildman–Crippen LogP) is 1.04. The lowest BCUT2D eigenvalue weighted by Crippen LogP contribution is -2.34. The highest BCUT2D eigenvalue weighted by atomic mass is 19.1. The van der Waals surface area contributed by atoms with E-state index in [1.807, 2.05) is 0 Å². The number of nitrogens with one attached hydrogen (secondary N) is 1. The van der Waals surface area contributed by atoms with Gasteiger partial charge in [0, 0.05) is 14.2 Å². The third-order valence-corrected chi connectivity index (χ3v) is 2.57. The second-order valence-electron chi connectivity index (χ2n) is 3.87. The van der Waals surface area contributed by atoms with Gasteiger partial charge in [-0.05, 0) is 6.92 Å². The smallest absolute Gasteiger partial charge is 0.274 e. The number of aromatic nitrogens is 1. The molecule has 0 aliphatic carbocycles. The average molecular weight is 292 g/mol. The van der Waals surface area contributed by atoms with Crippen LogP contribution >= 0.6 is 0 Å². The molecule has 0 saturated heterocycles. The van der Waals surface area contributed by atoms with E-state index in [9.17, 15) is 9.18 Å². The number of hydrogen-bond donors (Lipinski definition) is 2. The Kier molecular flexibility index (Phi) is 6.52. The monoisotopic (exact) mass is 292 g/mol. The first kappa shape index (κ1) is 16.5. The molecule has 20 heavy (non-hydrogen) atoms. The molecular weight excluding hydrogens is 275 g/mol. The van der Waals surface area contributed by atoms with Crippen molar-refractivity contribution in [1.82, 2.24) is 10.5 Å². The van der Waals surface area contributed by atoms with Gasteiger partial charge < -0.3 is 19.3 Å². The van der Waals surface area contributed by atoms with Gasteiger partial charge in [0.15, 0.2) is 17.7 Å². The van der Waals surface area contributed by atoms with Crippen LogP contribution in [0.15, 0.2) is 4.52 Å². The molecule has 1 atom stereocenters. The van der Waals surface area contributed by atoms with E-state index in [1.54, 1.807) is 0 Å². The highest BCUT2D eigenvalue weighted by molar-refractivity contribution is 5.93. The van der Waals surface area contributed by atoms with Gasteiger partial charge in [0.2, 0.25) is 0 Å². The predicted molar refractivity (Wildman–Crippen MR) is 63.6 cm³/mol. The summed E-state index contributed by atoms with van der Waals surface area (Å²) in [4.78, 5) is 15.8. The molecular formula is C11H17FN2O6. The number of rotatable bonds is 8. The normalized spacial score (nSPS) is 12.7. The minimum Gasteiger partial charge on any atom is -0.358 e. The lowest BCUT2D eigenvalue weighted by atomic mass is 10.1. The molecule has 2 N–H and O–H groups in total. The van der Waals surface area contributed by atoms with Crippen molar-refractivity contribution in [2.45, 2.75) is 26.0 Å². The first-order valence-electron chi connectivity index (χ1n) is 5.77. The van der Waals surface area contributed by atoms with E-state index in [-0.39, 0.29) is 23.6 Å². The molecule has 1 unspecified atom stereocenters. The Morgan fingerprint density at radius 2 is 2.15 bits per heavy atom. The van der Waals surface area contributed by atoms with Crippen molar-refractivity contribution in [2.24, 2.45) is 0 Å². The molecule has 114 valence electrons. The van der Waals surface area contributed by atoms with E-state index in [2.05, 4.69) is 15.4 Å². The Hall–Kier alpha value is -1.55. The molecule has 0 saturated carbocycles. The van der Waals surface area contributed by atoms with Crippen LogP contribution in [0.2, 0.25) is 0 Å². The van der Waals surface area contributed by atoms with Gasteiger partial charge in [-0.25, -0.2) is 9.28 Å². The minimum absolute atomic E-state index is 0.0531. The summed E-state index contributed by atoms with van der Waals surface area (Å²) in [6.07, 6.45) is -2.13. The van der Waals surface area contributed by atoms with Gasteiger partial charge in [0.1, 0.15) is 12.8 Å². The molecule has 0 aliphatic heterocycles. The molecule has 0 bridgehead atoms. The summed E-state index contributed by atoms with van der Waals surface area (Å²) in [6, 6.07) is 0. The molecule has 0 aromatic carbocycles. The quantitative estimate of drug-likeness (QED) is 0.419. The number of halogens is 1. The summed E-state index contributed by atoms with van der Waals surface area (Å²) in [5.74, 6) is -0.695. The van der Waals surface area contributed by atoms with Crippen LogP contribution < -0.4 is 5.32 Å². The van der Waals surface area contributed by atoms with Crippen LogP contribution in [0.25, 0.3) is 0 Å². The molecule has 9 heteroatoms. The third kappa shape index (κ3) is 3.97. The van der Waals surface area contributed by atoms with Crippen LogP contribution in [0.5, 0.6) is 0 Å². The van der Waals surface area contributed by atoms with E-state index < -0.39 is 25.0 Å². The lowest BCUT2D eigenvalue weighted by Gasteiger charge is -2.13. The first-order chi connectivity index (χ1) is 9.54. The van der Waals surface area contributed by atoms with Gasteiger partial charge in [0.25, 0.3) is 5.91 Å². The summed E-state index contributed by atoms with van der Waals surface area (Å²) in [7, 11) is 2.84. The Balaban J connectivity index is 2.82. The zero-order valence-corrected chi connectivity index (χ0v) is 11.4. The van der Waals surface area contributed by atoms with Crippen LogP contribution in [0.4, 0.5) is 4.39 Å². The number of ether oxygens (including phenoxy) is 2. The second kappa shape index (κ2) is 7.90. The number of carbonyl (C=O) groups is 1. The lowest BCUT2D eigenvalue weighted by molar-refractivity contribution is -0.256. The number of hydrogen-bond acceptors (Lipinski definition) is 7. The maximum absolute atomic E-state index is 13.5. The molecule has 0 aliphatic rings. The molecule has 1 heterocycles. The number of methoxy groups -OCH3 is 2. The van der Waals surface area contributed by atoms with Crippen LogP contribution in [0.1, 0.15) is 34.9 Å². The molecule has 1 aromatic heterocycles. The van der Waals surface area contributed by atoms with E-state index in [0.29, 0.717) is 0 Å². The van der Waals surface area contributed by atoms with Gasteiger partial charge in [-0.1, -0.05) is 5.16 Å².